The van der Waals surface area contributed by atoms with Crippen molar-refractivity contribution in [3.63, 3.8) is 0 Å². The van der Waals surface area contributed by atoms with Crippen LogP contribution in [0, 0.1) is 5.92 Å². The van der Waals surface area contributed by atoms with E-state index in [-0.39, 0.29) is 30.0 Å². The molecule has 50 heavy (non-hydrogen) atoms. The van der Waals surface area contributed by atoms with E-state index in [1.807, 2.05) is 51.8 Å². The van der Waals surface area contributed by atoms with Crippen LogP contribution < -0.4 is 5.32 Å². The molecule has 3 atom stereocenters. The largest absolute Gasteiger partial charge is 0.453 e. The van der Waals surface area contributed by atoms with Crippen LogP contribution in [0.1, 0.15) is 84.0 Å². The third kappa shape index (κ3) is 6.70. The monoisotopic (exact) mass is 717 g/mol. The van der Waals surface area contributed by atoms with Gasteiger partial charge in [0.05, 0.1) is 47.0 Å². The molecule has 6 heterocycles. The fourth-order valence-electron chi connectivity index (χ4n) is 6.87. The zero-order chi connectivity index (χ0) is 35.3. The highest BCUT2D eigenvalue weighted by Gasteiger charge is 2.38. The number of ether oxygens (including phenoxy) is 2. The van der Waals surface area contributed by atoms with Gasteiger partial charge in [-0.3, -0.25) is 9.69 Å². The van der Waals surface area contributed by atoms with Gasteiger partial charge >= 0.3 is 12.2 Å². The van der Waals surface area contributed by atoms with Crippen LogP contribution in [-0.4, -0.2) is 79.7 Å². The summed E-state index contributed by atoms with van der Waals surface area (Å²) in [5.74, 6) is 1.32. The van der Waals surface area contributed by atoms with E-state index in [9.17, 15) is 14.4 Å². The molecule has 2 fully saturated rings. The van der Waals surface area contributed by atoms with Crippen LogP contribution in [0.4, 0.5) is 9.59 Å². The zero-order valence-electron chi connectivity index (χ0n) is 29.2. The number of benzene rings is 1. The average molecular weight is 718 g/mol. The van der Waals surface area contributed by atoms with E-state index in [1.165, 1.54) is 16.5 Å². The minimum Gasteiger partial charge on any atom is -0.453 e. The molecule has 3 amide bonds. The van der Waals surface area contributed by atoms with Crippen LogP contribution in [0.2, 0.25) is 0 Å². The van der Waals surface area contributed by atoms with E-state index in [4.69, 9.17) is 14.5 Å². The number of aromatic nitrogens is 4. The Kier molecular flexibility index (Phi) is 9.10. The van der Waals surface area contributed by atoms with Crippen LogP contribution in [0.25, 0.3) is 41.4 Å². The van der Waals surface area contributed by atoms with Gasteiger partial charge in [-0.05, 0) is 82.2 Å². The second-order valence-corrected chi connectivity index (χ2v) is 16.5. The van der Waals surface area contributed by atoms with Crippen molar-refractivity contribution in [2.24, 2.45) is 5.92 Å². The molecular weight excluding hydrogens is 675 g/mol. The molecule has 2 aliphatic rings. The predicted octanol–water partition coefficient (Wildman–Crippen LogP) is 8.01. The zero-order valence-corrected chi connectivity index (χ0v) is 30.8. The van der Waals surface area contributed by atoms with Crippen molar-refractivity contribution in [3.05, 3.63) is 48.2 Å². The second-order valence-electron chi connectivity index (χ2n) is 14.4. The summed E-state index contributed by atoms with van der Waals surface area (Å²) < 4.78 is 12.8. The summed E-state index contributed by atoms with van der Waals surface area (Å²) in [4.78, 5) is 60.8. The van der Waals surface area contributed by atoms with Gasteiger partial charge in [0.25, 0.3) is 0 Å². The van der Waals surface area contributed by atoms with Gasteiger partial charge in [0.1, 0.15) is 23.3 Å². The van der Waals surface area contributed by atoms with Gasteiger partial charge < -0.3 is 29.7 Å². The first-order chi connectivity index (χ1) is 23.9. The second kappa shape index (κ2) is 13.4. The number of carbonyl (C=O) groups excluding carboxylic acids is 3. The molecular formula is C36H43N7O5S2. The molecule has 0 unspecified atom stereocenters. The maximum Gasteiger partial charge on any atom is 0.410 e. The Morgan fingerprint density at radius 1 is 0.940 bits per heavy atom. The molecule has 5 aromatic rings. The van der Waals surface area contributed by atoms with Crippen molar-refractivity contribution in [2.45, 2.75) is 84.0 Å². The van der Waals surface area contributed by atoms with E-state index in [0.29, 0.717) is 13.1 Å². The summed E-state index contributed by atoms with van der Waals surface area (Å²) in [6, 6.07) is 9.67. The third-order valence-electron chi connectivity index (χ3n) is 9.29. The number of likely N-dealkylation sites (tertiary alicyclic amines) is 2. The maximum atomic E-state index is 13.6. The minimum absolute atomic E-state index is 0.0942. The van der Waals surface area contributed by atoms with Gasteiger partial charge in [0.2, 0.25) is 5.91 Å². The first-order valence-corrected chi connectivity index (χ1v) is 18.7. The first-order valence-electron chi connectivity index (χ1n) is 17.1. The fourth-order valence-corrected chi connectivity index (χ4v) is 9.22. The Balaban J connectivity index is 1.07. The average Bonchev–Trinajstić information content (AvgIpc) is 3.90. The number of imidazole rings is 2. The molecule has 0 saturated carbocycles. The fraction of sp³-hybridized carbons (Fsp3) is 0.472. The number of nitrogens with zero attached hydrogens (tertiary/aromatic N) is 4. The molecule has 7 rings (SSSR count). The number of rotatable bonds is 7. The van der Waals surface area contributed by atoms with Gasteiger partial charge in [-0.1, -0.05) is 19.9 Å². The molecule has 0 spiro atoms. The molecule has 3 N–H and O–H groups in total. The van der Waals surface area contributed by atoms with Crippen molar-refractivity contribution in [3.8, 4) is 21.0 Å². The highest BCUT2D eigenvalue weighted by Crippen LogP contribution is 2.43. The number of hydrogen-bond donors (Lipinski definition) is 3. The van der Waals surface area contributed by atoms with Crippen molar-refractivity contribution in [1.82, 2.24) is 35.1 Å². The number of methoxy groups -OCH3 is 1. The van der Waals surface area contributed by atoms with Crippen molar-refractivity contribution < 1.29 is 23.9 Å². The van der Waals surface area contributed by atoms with Gasteiger partial charge in [-0.25, -0.2) is 19.6 Å². The Labute approximate surface area is 298 Å². The van der Waals surface area contributed by atoms with Gasteiger partial charge in [-0.2, -0.15) is 0 Å². The number of amides is 3. The van der Waals surface area contributed by atoms with Crippen LogP contribution in [0.5, 0.6) is 0 Å². The number of thiophene rings is 2. The van der Waals surface area contributed by atoms with Crippen LogP contribution >= 0.6 is 22.7 Å². The number of alkyl carbamates (subject to hydrolysis) is 1. The summed E-state index contributed by atoms with van der Waals surface area (Å²) >= 11 is 3.46. The van der Waals surface area contributed by atoms with Crippen molar-refractivity contribution >= 4 is 61.2 Å². The van der Waals surface area contributed by atoms with Gasteiger partial charge in [0.15, 0.2) is 0 Å². The highest BCUT2D eigenvalue weighted by molar-refractivity contribution is 7.31. The summed E-state index contributed by atoms with van der Waals surface area (Å²) in [7, 11) is 1.30. The van der Waals surface area contributed by atoms with E-state index in [1.54, 1.807) is 27.6 Å². The Hall–Kier alpha value is -4.43. The lowest BCUT2D eigenvalue weighted by Gasteiger charge is -2.29. The van der Waals surface area contributed by atoms with E-state index in [2.05, 4.69) is 44.5 Å². The Bertz CT molecular complexity index is 2020. The summed E-state index contributed by atoms with van der Waals surface area (Å²) in [5.41, 5.74) is 3.25. The molecule has 4 aromatic heterocycles. The van der Waals surface area contributed by atoms with Gasteiger partial charge in [-0.15, -0.1) is 22.7 Å². The molecule has 2 aliphatic heterocycles. The quantitative estimate of drug-likeness (QED) is 0.155. The lowest BCUT2D eigenvalue weighted by atomic mass is 10.0. The molecule has 2 saturated heterocycles. The minimum atomic E-state index is -0.676. The third-order valence-corrected chi connectivity index (χ3v) is 11.7. The maximum absolute atomic E-state index is 13.6. The number of nitrogens with one attached hydrogen (secondary N) is 3. The number of fused-ring (bicyclic) bond motifs is 2. The van der Waals surface area contributed by atoms with Gasteiger partial charge in [0, 0.05) is 27.4 Å². The SMILES string of the molecule is COC(=O)N[C@H](C(=O)N1CCC[C@H]1c1nc2ccc(-c3cc4sc(-c5cnc([C@@H]6CCCN6C(=O)OC(C)(C)C)[nH]5)cc4s3)cc2[nH]1)C(C)C. The van der Waals surface area contributed by atoms with E-state index < -0.39 is 17.7 Å². The van der Waals surface area contributed by atoms with Crippen LogP contribution in [0.3, 0.4) is 0 Å². The summed E-state index contributed by atoms with van der Waals surface area (Å²) in [6.45, 7) is 10.7. The summed E-state index contributed by atoms with van der Waals surface area (Å²) in [5, 5.41) is 2.71. The summed E-state index contributed by atoms with van der Waals surface area (Å²) in [6.07, 6.45) is 4.37. The first kappa shape index (κ1) is 34.0. The molecule has 0 aliphatic carbocycles. The van der Waals surface area contributed by atoms with Crippen LogP contribution in [-0.2, 0) is 14.3 Å². The van der Waals surface area contributed by atoms with Crippen molar-refractivity contribution in [2.75, 3.05) is 20.2 Å². The lowest BCUT2D eigenvalue weighted by Crippen LogP contribution is -2.51. The predicted molar refractivity (Wildman–Crippen MR) is 195 cm³/mol. The number of carbonyl (C=O) groups is 3. The Morgan fingerprint density at radius 2 is 1.62 bits per heavy atom. The molecule has 1 aromatic carbocycles. The standard InChI is InChI=1S/C36H43N7O5S2/c1-19(2)30(41-34(45)47-6)33(44)42-13-7-10-25(42)32-38-21-12-11-20(15-22(21)39-32)26-16-28-29(49-26)17-27(50-28)23-18-37-31(40-23)24-9-8-14-43(24)35(46)48-36(3,4)5/h11-12,15-19,24-25,30H,7-10,13-14H2,1-6H3,(H,37,40)(H,38,39)(H,41,45)/t24-,25-,30-/m0/s1. The molecule has 12 nitrogen and oxygen atoms in total. The van der Waals surface area contributed by atoms with Crippen molar-refractivity contribution in [1.29, 1.82) is 0 Å². The van der Waals surface area contributed by atoms with E-state index in [0.717, 1.165) is 69.4 Å². The molecule has 14 heteroatoms. The molecule has 0 radical (unpaired) electrons. The smallest absolute Gasteiger partial charge is 0.410 e. The number of hydrogen-bond acceptors (Lipinski definition) is 9. The highest BCUT2D eigenvalue weighted by atomic mass is 32.1. The normalized spacial score (nSPS) is 18.8. The van der Waals surface area contributed by atoms with Crippen LogP contribution in [0.15, 0.2) is 36.5 Å². The lowest BCUT2D eigenvalue weighted by molar-refractivity contribution is -0.135. The molecule has 264 valence electrons. The van der Waals surface area contributed by atoms with E-state index >= 15 is 0 Å². The number of H-pyrrole nitrogens is 2. The Morgan fingerprint density at radius 3 is 2.32 bits per heavy atom. The topological polar surface area (TPSA) is 146 Å². The number of aromatic amines is 2. The molecule has 0 bridgehead atoms.